The third-order valence-corrected chi connectivity index (χ3v) is 3.88. The predicted octanol–water partition coefficient (Wildman–Crippen LogP) is 1.53. The van der Waals surface area contributed by atoms with Crippen LogP contribution < -0.4 is 10.5 Å². The highest BCUT2D eigenvalue weighted by molar-refractivity contribution is 5.71. The molecule has 1 aromatic heterocycles. The second kappa shape index (κ2) is 6.01. The van der Waals surface area contributed by atoms with Crippen molar-refractivity contribution in [3.05, 3.63) is 52.8 Å². The number of benzene rings is 1. The fraction of sp³-hybridized carbons (Fsp3) is 0.312. The molecule has 0 unspecified atom stereocenters. The molecule has 0 bridgehead atoms. The van der Waals surface area contributed by atoms with Crippen LogP contribution >= 0.6 is 0 Å². The fourth-order valence-corrected chi connectivity index (χ4v) is 2.71. The highest BCUT2D eigenvalue weighted by Gasteiger charge is 2.26. The number of carbonyl (C=O) groups is 1. The Morgan fingerprint density at radius 1 is 1.18 bits per heavy atom. The molecule has 1 fully saturated rings. The van der Waals surface area contributed by atoms with Crippen LogP contribution in [-0.4, -0.2) is 33.9 Å². The Balaban J connectivity index is 1.92. The first-order valence-corrected chi connectivity index (χ1v) is 7.29. The smallest absolute Gasteiger partial charge is 0.308 e. The van der Waals surface area contributed by atoms with Crippen molar-refractivity contribution in [2.75, 3.05) is 18.0 Å². The van der Waals surface area contributed by atoms with Gasteiger partial charge in [-0.3, -0.25) is 9.59 Å². The summed E-state index contributed by atoms with van der Waals surface area (Å²) in [5.41, 5.74) is 0.489. The zero-order valence-electron chi connectivity index (χ0n) is 12.1. The Morgan fingerprint density at radius 2 is 1.95 bits per heavy atom. The molecule has 0 spiro atoms. The number of anilines is 1. The van der Waals surface area contributed by atoms with E-state index in [4.69, 9.17) is 0 Å². The van der Waals surface area contributed by atoms with Crippen molar-refractivity contribution in [2.24, 2.45) is 5.92 Å². The molecule has 2 heterocycles. The van der Waals surface area contributed by atoms with Crippen LogP contribution in [0.1, 0.15) is 12.8 Å². The molecule has 6 nitrogen and oxygen atoms in total. The number of rotatable bonds is 3. The van der Waals surface area contributed by atoms with Gasteiger partial charge < -0.3 is 10.0 Å². The first-order valence-electron chi connectivity index (χ1n) is 7.29. The van der Waals surface area contributed by atoms with Crippen molar-refractivity contribution in [1.82, 2.24) is 9.78 Å². The molecule has 22 heavy (non-hydrogen) atoms. The van der Waals surface area contributed by atoms with E-state index in [0.717, 1.165) is 13.0 Å². The highest BCUT2D eigenvalue weighted by Crippen LogP contribution is 2.21. The number of aromatic nitrogens is 2. The largest absolute Gasteiger partial charge is 0.481 e. The van der Waals surface area contributed by atoms with Gasteiger partial charge in [-0.1, -0.05) is 18.2 Å². The van der Waals surface area contributed by atoms with Crippen molar-refractivity contribution < 1.29 is 9.90 Å². The van der Waals surface area contributed by atoms with Gasteiger partial charge in [0.15, 0.2) is 0 Å². The van der Waals surface area contributed by atoms with Gasteiger partial charge in [-0.25, -0.2) is 0 Å². The molecule has 0 amide bonds. The average molecular weight is 299 g/mol. The summed E-state index contributed by atoms with van der Waals surface area (Å²) in [7, 11) is 0. The quantitative estimate of drug-likeness (QED) is 0.930. The molecule has 6 heteroatoms. The van der Waals surface area contributed by atoms with E-state index in [2.05, 4.69) is 5.10 Å². The van der Waals surface area contributed by atoms with Crippen LogP contribution in [0.25, 0.3) is 5.69 Å². The highest BCUT2D eigenvalue weighted by atomic mass is 16.4. The van der Waals surface area contributed by atoms with E-state index < -0.39 is 5.97 Å². The number of carboxylic acids is 1. The van der Waals surface area contributed by atoms with Gasteiger partial charge in [0.1, 0.15) is 5.82 Å². The minimum absolute atomic E-state index is 0.207. The number of nitrogens with zero attached hydrogens (tertiary/aromatic N) is 3. The lowest BCUT2D eigenvalue weighted by molar-refractivity contribution is -0.141. The molecule has 1 aliphatic rings. The summed E-state index contributed by atoms with van der Waals surface area (Å²) in [6.45, 7) is 1.18. The summed E-state index contributed by atoms with van der Waals surface area (Å²) in [6.07, 6.45) is 1.49. The molecule has 0 aliphatic carbocycles. The summed E-state index contributed by atoms with van der Waals surface area (Å²) in [5, 5.41) is 13.6. The Labute approximate surface area is 127 Å². The molecule has 114 valence electrons. The molecule has 3 rings (SSSR count). The van der Waals surface area contributed by atoms with E-state index in [1.54, 1.807) is 6.07 Å². The summed E-state index contributed by atoms with van der Waals surface area (Å²) in [5.74, 6) is -0.525. The number of aliphatic carboxylic acids is 1. The van der Waals surface area contributed by atoms with Crippen molar-refractivity contribution in [3.8, 4) is 5.69 Å². The average Bonchev–Trinajstić information content (AvgIpc) is 2.56. The van der Waals surface area contributed by atoms with Gasteiger partial charge in [-0.05, 0) is 31.0 Å². The normalized spacial score (nSPS) is 18.2. The van der Waals surface area contributed by atoms with Crippen molar-refractivity contribution in [2.45, 2.75) is 12.8 Å². The standard InChI is InChI=1S/C16H17N3O3/c20-15-9-8-14(17-19(15)13-6-2-1-3-7-13)18-10-4-5-12(11-18)16(21)22/h1-3,6-9,12H,4-5,10-11H2,(H,21,22)/t12-/m0/s1. The van der Waals surface area contributed by atoms with Gasteiger partial charge in [0, 0.05) is 19.2 Å². The van der Waals surface area contributed by atoms with Crippen molar-refractivity contribution in [3.63, 3.8) is 0 Å². The molecule has 1 saturated heterocycles. The Morgan fingerprint density at radius 3 is 2.68 bits per heavy atom. The Kier molecular flexibility index (Phi) is 3.91. The van der Waals surface area contributed by atoms with Crippen molar-refractivity contribution >= 4 is 11.8 Å². The lowest BCUT2D eigenvalue weighted by Gasteiger charge is -2.31. The summed E-state index contributed by atoms with van der Waals surface area (Å²) >= 11 is 0. The van der Waals surface area contributed by atoms with Gasteiger partial charge >= 0.3 is 5.97 Å². The third-order valence-electron chi connectivity index (χ3n) is 3.88. The molecule has 2 aromatic rings. The molecular formula is C16H17N3O3. The lowest BCUT2D eigenvalue weighted by Crippen LogP contribution is -2.40. The predicted molar refractivity (Wildman–Crippen MR) is 82.4 cm³/mol. The van der Waals surface area contributed by atoms with E-state index in [9.17, 15) is 14.7 Å². The molecule has 0 saturated carbocycles. The first-order chi connectivity index (χ1) is 10.6. The minimum Gasteiger partial charge on any atom is -0.481 e. The first kappa shape index (κ1) is 14.3. The minimum atomic E-state index is -0.777. The number of hydrogen-bond donors (Lipinski definition) is 1. The van der Waals surface area contributed by atoms with E-state index in [-0.39, 0.29) is 11.5 Å². The number of para-hydroxylation sites is 1. The second-order valence-corrected chi connectivity index (χ2v) is 5.40. The zero-order chi connectivity index (χ0) is 15.5. The number of piperidine rings is 1. The van der Waals surface area contributed by atoms with Gasteiger partial charge in [0.05, 0.1) is 11.6 Å². The van der Waals surface area contributed by atoms with E-state index in [0.29, 0.717) is 24.5 Å². The lowest BCUT2D eigenvalue weighted by atomic mass is 9.98. The van der Waals surface area contributed by atoms with Gasteiger partial charge in [0.25, 0.3) is 5.56 Å². The summed E-state index contributed by atoms with van der Waals surface area (Å²) in [4.78, 5) is 25.1. The van der Waals surface area contributed by atoms with Gasteiger partial charge in [-0.2, -0.15) is 4.68 Å². The molecule has 1 aliphatic heterocycles. The third kappa shape index (κ3) is 2.86. The van der Waals surface area contributed by atoms with Crippen LogP contribution in [0.3, 0.4) is 0 Å². The van der Waals surface area contributed by atoms with E-state index >= 15 is 0 Å². The SMILES string of the molecule is O=C(O)[C@H]1CCCN(c2ccc(=O)n(-c3ccccc3)n2)C1. The zero-order valence-corrected chi connectivity index (χ0v) is 12.1. The molecular weight excluding hydrogens is 282 g/mol. The molecule has 1 atom stereocenters. The van der Waals surface area contributed by atoms with Crippen LogP contribution in [0.4, 0.5) is 5.82 Å². The van der Waals surface area contributed by atoms with E-state index in [1.165, 1.54) is 10.7 Å². The molecule has 0 radical (unpaired) electrons. The van der Waals surface area contributed by atoms with Gasteiger partial charge in [-0.15, -0.1) is 5.10 Å². The van der Waals surface area contributed by atoms with Crippen molar-refractivity contribution in [1.29, 1.82) is 0 Å². The summed E-state index contributed by atoms with van der Waals surface area (Å²) < 4.78 is 1.35. The Hall–Kier alpha value is -2.63. The van der Waals surface area contributed by atoms with Crippen LogP contribution in [0.15, 0.2) is 47.3 Å². The molecule has 1 N–H and O–H groups in total. The molecule has 1 aromatic carbocycles. The van der Waals surface area contributed by atoms with Crippen LogP contribution in [0.5, 0.6) is 0 Å². The second-order valence-electron chi connectivity index (χ2n) is 5.40. The van der Waals surface area contributed by atoms with Gasteiger partial charge in [0.2, 0.25) is 0 Å². The van der Waals surface area contributed by atoms with Crippen LogP contribution in [-0.2, 0) is 4.79 Å². The topological polar surface area (TPSA) is 75.4 Å². The maximum Gasteiger partial charge on any atom is 0.308 e. The van der Waals surface area contributed by atoms with Crippen LogP contribution in [0, 0.1) is 5.92 Å². The summed E-state index contributed by atoms with van der Waals surface area (Å²) in [6, 6.07) is 12.3. The monoisotopic (exact) mass is 299 g/mol. The number of hydrogen-bond acceptors (Lipinski definition) is 4. The van der Waals surface area contributed by atoms with E-state index in [1.807, 2.05) is 35.2 Å². The van der Waals surface area contributed by atoms with Crippen LogP contribution in [0.2, 0.25) is 0 Å². The Bertz CT molecular complexity index is 727. The number of carboxylic acid groups (broad SMARTS) is 1. The maximum atomic E-state index is 12.0. The fourth-order valence-electron chi connectivity index (χ4n) is 2.71. The maximum absolute atomic E-state index is 12.0.